The van der Waals surface area contributed by atoms with Crippen LogP contribution in [0.15, 0.2) is 12.5 Å². The summed E-state index contributed by atoms with van der Waals surface area (Å²) in [6.07, 6.45) is 6.39. The van der Waals surface area contributed by atoms with Gasteiger partial charge in [-0.05, 0) is 43.7 Å². The molecule has 21 heavy (non-hydrogen) atoms. The Balaban J connectivity index is 2.03. The minimum absolute atomic E-state index is 0.217. The second-order valence-corrected chi connectivity index (χ2v) is 6.96. The molecule has 5 heteroatoms. The zero-order valence-electron chi connectivity index (χ0n) is 13.2. The molecule has 1 aromatic heterocycles. The second-order valence-electron chi connectivity index (χ2n) is 6.96. The van der Waals surface area contributed by atoms with Gasteiger partial charge in [0.25, 0.3) is 0 Å². The average molecular weight is 291 g/mol. The standard InChI is InChI=1S/C16H25N3O2/c1-16(2,3)12-5-4-7-19(8-6-12)10-14-13(15(20)21)9-17-11-18-14/h9,11-12H,4-8,10H2,1-3H3,(H,20,21). The first-order chi connectivity index (χ1) is 9.88. The minimum atomic E-state index is -0.951. The number of aromatic nitrogens is 2. The number of rotatable bonds is 3. The van der Waals surface area contributed by atoms with Crippen molar-refractivity contribution in [1.82, 2.24) is 14.9 Å². The van der Waals surface area contributed by atoms with Gasteiger partial charge < -0.3 is 5.11 Å². The van der Waals surface area contributed by atoms with Crippen molar-refractivity contribution in [2.75, 3.05) is 13.1 Å². The van der Waals surface area contributed by atoms with Crippen LogP contribution in [0.4, 0.5) is 0 Å². The van der Waals surface area contributed by atoms with Gasteiger partial charge in [-0.2, -0.15) is 0 Å². The fourth-order valence-electron chi connectivity index (χ4n) is 3.05. The van der Waals surface area contributed by atoms with Crippen LogP contribution in [0.3, 0.4) is 0 Å². The molecule has 0 bridgehead atoms. The van der Waals surface area contributed by atoms with E-state index in [1.165, 1.54) is 18.9 Å². The van der Waals surface area contributed by atoms with E-state index in [1.807, 2.05) is 0 Å². The van der Waals surface area contributed by atoms with E-state index in [0.29, 0.717) is 17.7 Å². The maximum atomic E-state index is 11.2. The van der Waals surface area contributed by atoms with E-state index in [0.717, 1.165) is 31.8 Å². The first-order valence-electron chi connectivity index (χ1n) is 7.62. The summed E-state index contributed by atoms with van der Waals surface area (Å²) in [6.45, 7) is 9.53. The fourth-order valence-corrected chi connectivity index (χ4v) is 3.05. The highest BCUT2D eigenvalue weighted by molar-refractivity contribution is 5.88. The molecule has 1 aromatic rings. The van der Waals surface area contributed by atoms with E-state index in [-0.39, 0.29) is 5.56 Å². The number of hydrogen-bond acceptors (Lipinski definition) is 4. The summed E-state index contributed by atoms with van der Waals surface area (Å²) >= 11 is 0. The van der Waals surface area contributed by atoms with Crippen molar-refractivity contribution >= 4 is 5.97 Å². The van der Waals surface area contributed by atoms with Gasteiger partial charge in [-0.25, -0.2) is 14.8 Å². The summed E-state index contributed by atoms with van der Waals surface area (Å²) in [5.74, 6) is -0.222. The lowest BCUT2D eigenvalue weighted by Gasteiger charge is -2.29. The molecule has 0 saturated carbocycles. The molecule has 1 unspecified atom stereocenters. The van der Waals surface area contributed by atoms with Gasteiger partial charge >= 0.3 is 5.97 Å². The van der Waals surface area contributed by atoms with Crippen LogP contribution in [-0.4, -0.2) is 39.0 Å². The van der Waals surface area contributed by atoms with E-state index in [1.54, 1.807) is 0 Å². The number of likely N-dealkylation sites (tertiary alicyclic amines) is 1. The molecule has 1 N–H and O–H groups in total. The van der Waals surface area contributed by atoms with Gasteiger partial charge in [-0.3, -0.25) is 4.90 Å². The highest BCUT2D eigenvalue weighted by atomic mass is 16.4. The Morgan fingerprint density at radius 2 is 2.14 bits per heavy atom. The Kier molecular flexibility index (Phi) is 4.93. The SMILES string of the molecule is CC(C)(C)C1CCCN(Cc2ncncc2C(=O)O)CC1. The van der Waals surface area contributed by atoms with Gasteiger partial charge in [0.05, 0.1) is 5.69 Å². The molecule has 1 atom stereocenters. The molecular formula is C16H25N3O2. The van der Waals surface area contributed by atoms with E-state index >= 15 is 0 Å². The van der Waals surface area contributed by atoms with Gasteiger partial charge in [-0.1, -0.05) is 20.8 Å². The van der Waals surface area contributed by atoms with Crippen LogP contribution in [0.2, 0.25) is 0 Å². The van der Waals surface area contributed by atoms with E-state index in [2.05, 4.69) is 35.6 Å². The molecule has 1 saturated heterocycles. The largest absolute Gasteiger partial charge is 0.478 e. The third-order valence-electron chi connectivity index (χ3n) is 4.44. The normalized spacial score (nSPS) is 21.0. The Bertz CT molecular complexity index is 497. The highest BCUT2D eigenvalue weighted by Gasteiger charge is 2.27. The van der Waals surface area contributed by atoms with E-state index in [4.69, 9.17) is 0 Å². The molecule has 1 fully saturated rings. The topological polar surface area (TPSA) is 66.3 Å². The van der Waals surface area contributed by atoms with Crippen LogP contribution in [0, 0.1) is 11.3 Å². The van der Waals surface area contributed by atoms with Crippen LogP contribution in [0.5, 0.6) is 0 Å². The summed E-state index contributed by atoms with van der Waals surface area (Å²) in [5, 5.41) is 9.20. The second kappa shape index (κ2) is 6.52. The summed E-state index contributed by atoms with van der Waals surface area (Å²) in [5.41, 5.74) is 1.18. The molecular weight excluding hydrogens is 266 g/mol. The summed E-state index contributed by atoms with van der Waals surface area (Å²) in [7, 11) is 0. The predicted octanol–water partition coefficient (Wildman–Crippen LogP) is 2.82. The number of aromatic carboxylic acids is 1. The number of carbonyl (C=O) groups is 1. The zero-order valence-corrected chi connectivity index (χ0v) is 13.2. The van der Waals surface area contributed by atoms with Crippen LogP contribution in [0.1, 0.15) is 56.1 Å². The van der Waals surface area contributed by atoms with Crippen molar-refractivity contribution in [1.29, 1.82) is 0 Å². The van der Waals surface area contributed by atoms with E-state index in [9.17, 15) is 9.90 Å². The molecule has 0 aromatic carbocycles. The van der Waals surface area contributed by atoms with Gasteiger partial charge in [0.2, 0.25) is 0 Å². The Labute approximate surface area is 126 Å². The average Bonchev–Trinajstić information content (AvgIpc) is 2.64. The molecule has 2 rings (SSSR count). The third-order valence-corrected chi connectivity index (χ3v) is 4.44. The maximum absolute atomic E-state index is 11.2. The number of carboxylic acid groups (broad SMARTS) is 1. The lowest BCUT2D eigenvalue weighted by atomic mass is 9.77. The van der Waals surface area contributed by atoms with Crippen LogP contribution in [0.25, 0.3) is 0 Å². The molecule has 0 amide bonds. The van der Waals surface area contributed by atoms with Crippen molar-refractivity contribution in [3.63, 3.8) is 0 Å². The molecule has 0 radical (unpaired) electrons. The van der Waals surface area contributed by atoms with Gasteiger partial charge in [0.1, 0.15) is 11.9 Å². The summed E-state index contributed by atoms with van der Waals surface area (Å²) in [6, 6.07) is 0. The number of nitrogens with zero attached hydrogens (tertiary/aromatic N) is 3. The monoisotopic (exact) mass is 291 g/mol. The first kappa shape index (κ1) is 15.9. The van der Waals surface area contributed by atoms with Crippen molar-refractivity contribution in [2.45, 2.75) is 46.6 Å². The zero-order chi connectivity index (χ0) is 15.5. The quantitative estimate of drug-likeness (QED) is 0.927. The van der Waals surface area contributed by atoms with Crippen molar-refractivity contribution in [2.24, 2.45) is 11.3 Å². The lowest BCUT2D eigenvalue weighted by molar-refractivity contribution is 0.0693. The Morgan fingerprint density at radius 1 is 1.38 bits per heavy atom. The number of carboxylic acids is 1. The Morgan fingerprint density at radius 3 is 2.81 bits per heavy atom. The maximum Gasteiger partial charge on any atom is 0.339 e. The van der Waals surface area contributed by atoms with Crippen molar-refractivity contribution in [3.8, 4) is 0 Å². The third kappa shape index (κ3) is 4.24. The highest BCUT2D eigenvalue weighted by Crippen LogP contribution is 2.34. The molecule has 1 aliphatic rings. The molecule has 0 spiro atoms. The molecule has 2 heterocycles. The minimum Gasteiger partial charge on any atom is -0.478 e. The molecule has 0 aliphatic carbocycles. The fraction of sp³-hybridized carbons (Fsp3) is 0.688. The van der Waals surface area contributed by atoms with E-state index < -0.39 is 5.97 Å². The predicted molar refractivity (Wildman–Crippen MR) is 81.1 cm³/mol. The smallest absolute Gasteiger partial charge is 0.339 e. The van der Waals surface area contributed by atoms with Gasteiger partial charge in [-0.15, -0.1) is 0 Å². The Hall–Kier alpha value is -1.49. The molecule has 1 aliphatic heterocycles. The van der Waals surface area contributed by atoms with Gasteiger partial charge in [0.15, 0.2) is 0 Å². The van der Waals surface area contributed by atoms with Crippen LogP contribution >= 0.6 is 0 Å². The van der Waals surface area contributed by atoms with Gasteiger partial charge in [0, 0.05) is 12.7 Å². The molecule has 5 nitrogen and oxygen atoms in total. The van der Waals surface area contributed by atoms with Crippen LogP contribution < -0.4 is 0 Å². The summed E-state index contributed by atoms with van der Waals surface area (Å²) < 4.78 is 0. The first-order valence-corrected chi connectivity index (χ1v) is 7.62. The van der Waals surface area contributed by atoms with Crippen LogP contribution in [-0.2, 0) is 6.54 Å². The molecule has 116 valence electrons. The summed E-state index contributed by atoms with van der Waals surface area (Å²) in [4.78, 5) is 21.5. The van der Waals surface area contributed by atoms with Crippen molar-refractivity contribution < 1.29 is 9.90 Å². The number of hydrogen-bond donors (Lipinski definition) is 1. The lowest BCUT2D eigenvalue weighted by Crippen LogP contribution is -2.27. The van der Waals surface area contributed by atoms with Crippen molar-refractivity contribution in [3.05, 3.63) is 23.8 Å².